The first-order valence-corrected chi connectivity index (χ1v) is 7.96. The molecule has 0 saturated carbocycles. The van der Waals surface area contributed by atoms with Crippen molar-refractivity contribution < 1.29 is 14.3 Å². The monoisotopic (exact) mass is 418 g/mol. The molecule has 0 atom stereocenters. The van der Waals surface area contributed by atoms with Crippen molar-refractivity contribution in [3.05, 3.63) is 56.0 Å². The maximum atomic E-state index is 11.6. The summed E-state index contributed by atoms with van der Waals surface area (Å²) in [6.45, 7) is 0.258. The van der Waals surface area contributed by atoms with Crippen LogP contribution in [-0.2, 0) is 6.61 Å². The number of hydrazine groups is 1. The van der Waals surface area contributed by atoms with Crippen LogP contribution in [0.3, 0.4) is 0 Å². The van der Waals surface area contributed by atoms with E-state index in [0.717, 1.165) is 5.56 Å². The number of ether oxygens (including phenoxy) is 2. The minimum absolute atomic E-state index is 0.258. The van der Waals surface area contributed by atoms with Gasteiger partial charge in [0, 0.05) is 5.56 Å². The predicted molar refractivity (Wildman–Crippen MR) is 93.1 cm³/mol. The maximum Gasteiger partial charge on any atom is 0.265 e. The molecular formula is C15H13BrCl2N2O3. The second-order valence-corrected chi connectivity index (χ2v) is 6.17. The third-order valence-electron chi connectivity index (χ3n) is 2.99. The molecule has 0 aliphatic carbocycles. The van der Waals surface area contributed by atoms with Gasteiger partial charge in [0.15, 0.2) is 11.5 Å². The van der Waals surface area contributed by atoms with Gasteiger partial charge in [0.2, 0.25) is 0 Å². The van der Waals surface area contributed by atoms with Gasteiger partial charge >= 0.3 is 0 Å². The second kappa shape index (κ2) is 7.88. The molecule has 0 spiro atoms. The molecule has 0 unspecified atom stereocenters. The third kappa shape index (κ3) is 4.29. The second-order valence-electron chi connectivity index (χ2n) is 4.50. The Morgan fingerprint density at radius 3 is 2.61 bits per heavy atom. The van der Waals surface area contributed by atoms with Gasteiger partial charge in [0.05, 0.1) is 21.6 Å². The molecule has 0 radical (unpaired) electrons. The number of methoxy groups -OCH3 is 1. The first-order chi connectivity index (χ1) is 11.0. The van der Waals surface area contributed by atoms with Gasteiger partial charge in [-0.2, -0.15) is 0 Å². The van der Waals surface area contributed by atoms with Crippen molar-refractivity contribution in [1.29, 1.82) is 0 Å². The Kier molecular flexibility index (Phi) is 6.12. The van der Waals surface area contributed by atoms with E-state index in [2.05, 4.69) is 21.4 Å². The lowest BCUT2D eigenvalue weighted by Crippen LogP contribution is -2.30. The number of benzene rings is 2. The molecule has 2 aromatic rings. The minimum Gasteiger partial charge on any atom is -0.493 e. The van der Waals surface area contributed by atoms with Crippen LogP contribution in [0, 0.1) is 0 Å². The molecule has 0 aliphatic heterocycles. The Morgan fingerprint density at radius 2 is 2.00 bits per heavy atom. The number of nitrogens with two attached hydrogens (primary N) is 1. The number of hydrogen-bond acceptors (Lipinski definition) is 4. The molecule has 122 valence electrons. The van der Waals surface area contributed by atoms with Crippen LogP contribution >= 0.6 is 39.1 Å². The number of carbonyl (C=O) groups excluding carboxylic acids is 1. The summed E-state index contributed by atoms with van der Waals surface area (Å²) in [5.41, 5.74) is 3.26. The van der Waals surface area contributed by atoms with Crippen molar-refractivity contribution in [2.24, 2.45) is 5.84 Å². The molecule has 0 saturated heterocycles. The van der Waals surface area contributed by atoms with Gasteiger partial charge in [0.25, 0.3) is 5.91 Å². The van der Waals surface area contributed by atoms with E-state index in [1.54, 1.807) is 18.2 Å². The Labute approximate surface area is 151 Å². The normalized spacial score (nSPS) is 10.3. The predicted octanol–water partition coefficient (Wildman–Crippen LogP) is 3.95. The summed E-state index contributed by atoms with van der Waals surface area (Å²) in [5.74, 6) is 5.57. The van der Waals surface area contributed by atoms with Crippen LogP contribution in [0.4, 0.5) is 0 Å². The van der Waals surface area contributed by atoms with Gasteiger partial charge in [0.1, 0.15) is 6.61 Å². The number of nitrogen functional groups attached to an aromatic ring is 1. The summed E-state index contributed by atoms with van der Waals surface area (Å²) in [6, 6.07) is 8.36. The number of halogens is 3. The Bertz CT molecular complexity index is 741. The first kappa shape index (κ1) is 17.9. The molecule has 0 bridgehead atoms. The summed E-state index contributed by atoms with van der Waals surface area (Å²) >= 11 is 15.2. The van der Waals surface area contributed by atoms with Crippen molar-refractivity contribution >= 4 is 45.0 Å². The lowest BCUT2D eigenvalue weighted by molar-refractivity contribution is 0.0953. The van der Waals surface area contributed by atoms with E-state index in [9.17, 15) is 4.79 Å². The average Bonchev–Trinajstić information content (AvgIpc) is 2.55. The molecular weight excluding hydrogens is 407 g/mol. The zero-order valence-corrected chi connectivity index (χ0v) is 15.1. The van der Waals surface area contributed by atoms with Crippen LogP contribution in [0.5, 0.6) is 11.5 Å². The highest BCUT2D eigenvalue weighted by molar-refractivity contribution is 9.10. The maximum absolute atomic E-state index is 11.6. The topological polar surface area (TPSA) is 73.6 Å². The molecule has 1 amide bonds. The number of nitrogens with one attached hydrogen (secondary N) is 1. The number of amides is 1. The smallest absolute Gasteiger partial charge is 0.265 e. The fraction of sp³-hybridized carbons (Fsp3) is 0.133. The highest BCUT2D eigenvalue weighted by Gasteiger charge is 2.15. The van der Waals surface area contributed by atoms with E-state index >= 15 is 0 Å². The SMILES string of the molecule is COc1cc(C(=O)NN)cc(Br)c1OCc1ccc(Cl)c(Cl)c1. The highest BCUT2D eigenvalue weighted by atomic mass is 79.9. The summed E-state index contributed by atoms with van der Waals surface area (Å²) in [7, 11) is 1.48. The molecule has 5 nitrogen and oxygen atoms in total. The van der Waals surface area contributed by atoms with Crippen molar-refractivity contribution in [2.45, 2.75) is 6.61 Å². The molecule has 2 aromatic carbocycles. The van der Waals surface area contributed by atoms with Crippen LogP contribution in [0.1, 0.15) is 15.9 Å². The van der Waals surface area contributed by atoms with Crippen LogP contribution in [0.25, 0.3) is 0 Å². The van der Waals surface area contributed by atoms with Crippen LogP contribution < -0.4 is 20.7 Å². The van der Waals surface area contributed by atoms with E-state index in [4.69, 9.17) is 38.5 Å². The average molecular weight is 420 g/mol. The van der Waals surface area contributed by atoms with E-state index in [0.29, 0.717) is 31.6 Å². The summed E-state index contributed by atoms with van der Waals surface area (Å²) < 4.78 is 11.6. The lowest BCUT2D eigenvalue weighted by Gasteiger charge is -2.14. The van der Waals surface area contributed by atoms with Gasteiger partial charge in [-0.05, 0) is 45.8 Å². The van der Waals surface area contributed by atoms with Crippen molar-refractivity contribution in [3.8, 4) is 11.5 Å². The third-order valence-corrected chi connectivity index (χ3v) is 4.32. The first-order valence-electron chi connectivity index (χ1n) is 6.41. The molecule has 23 heavy (non-hydrogen) atoms. The van der Waals surface area contributed by atoms with E-state index in [-0.39, 0.29) is 6.61 Å². The number of rotatable bonds is 5. The standard InChI is InChI=1S/C15H13BrCl2N2O3/c1-22-13-6-9(15(21)20-19)5-10(16)14(13)23-7-8-2-3-11(17)12(18)4-8/h2-6H,7,19H2,1H3,(H,20,21). The highest BCUT2D eigenvalue weighted by Crippen LogP contribution is 2.37. The van der Waals surface area contributed by atoms with Gasteiger partial charge in [-0.3, -0.25) is 10.2 Å². The van der Waals surface area contributed by atoms with E-state index in [1.807, 2.05) is 6.07 Å². The van der Waals surface area contributed by atoms with Crippen molar-refractivity contribution in [1.82, 2.24) is 5.43 Å². The van der Waals surface area contributed by atoms with Crippen LogP contribution in [0.2, 0.25) is 10.0 Å². The molecule has 0 aliphatic rings. The molecule has 0 fully saturated rings. The lowest BCUT2D eigenvalue weighted by atomic mass is 10.2. The summed E-state index contributed by atoms with van der Waals surface area (Å²) in [4.78, 5) is 11.6. The van der Waals surface area contributed by atoms with E-state index in [1.165, 1.54) is 13.2 Å². The largest absolute Gasteiger partial charge is 0.493 e. The number of carbonyl (C=O) groups is 1. The molecule has 3 N–H and O–H groups in total. The molecule has 8 heteroatoms. The van der Waals surface area contributed by atoms with Gasteiger partial charge in [-0.25, -0.2) is 5.84 Å². The van der Waals surface area contributed by atoms with Gasteiger partial charge in [-0.1, -0.05) is 29.3 Å². The molecule has 2 rings (SSSR count). The Hall–Kier alpha value is -1.47. The van der Waals surface area contributed by atoms with Crippen molar-refractivity contribution in [2.75, 3.05) is 7.11 Å². The molecule has 0 aromatic heterocycles. The minimum atomic E-state index is -0.431. The van der Waals surface area contributed by atoms with Crippen molar-refractivity contribution in [3.63, 3.8) is 0 Å². The fourth-order valence-corrected chi connectivity index (χ4v) is 2.74. The summed E-state index contributed by atoms with van der Waals surface area (Å²) in [6.07, 6.45) is 0. The van der Waals surface area contributed by atoms with Gasteiger partial charge < -0.3 is 9.47 Å². The van der Waals surface area contributed by atoms with E-state index < -0.39 is 5.91 Å². The Balaban J connectivity index is 2.25. The van der Waals surface area contributed by atoms with Crippen LogP contribution in [0.15, 0.2) is 34.8 Å². The number of hydrogen-bond donors (Lipinski definition) is 2. The fourth-order valence-electron chi connectivity index (χ4n) is 1.86. The zero-order chi connectivity index (χ0) is 17.0. The van der Waals surface area contributed by atoms with Crippen LogP contribution in [-0.4, -0.2) is 13.0 Å². The Morgan fingerprint density at radius 1 is 1.26 bits per heavy atom. The van der Waals surface area contributed by atoms with Gasteiger partial charge in [-0.15, -0.1) is 0 Å². The quantitative estimate of drug-likeness (QED) is 0.437. The zero-order valence-electron chi connectivity index (χ0n) is 12.0. The summed E-state index contributed by atoms with van der Waals surface area (Å²) in [5, 5.41) is 0.931. The molecule has 0 heterocycles.